The highest BCUT2D eigenvalue weighted by Crippen LogP contribution is 2.07. The van der Waals surface area contributed by atoms with E-state index in [0.29, 0.717) is 18.8 Å². The van der Waals surface area contributed by atoms with Crippen molar-refractivity contribution in [1.29, 1.82) is 0 Å². The summed E-state index contributed by atoms with van der Waals surface area (Å²) in [6, 6.07) is 8.03. The SMILES string of the molecule is CC#Cc1cccc(NC)c1.O=CNCCCl. The van der Waals surface area contributed by atoms with Crippen LogP contribution in [0.5, 0.6) is 0 Å². The molecule has 0 bridgehead atoms. The fourth-order valence-electron chi connectivity index (χ4n) is 1.01. The van der Waals surface area contributed by atoms with Gasteiger partial charge in [0, 0.05) is 30.7 Å². The van der Waals surface area contributed by atoms with Gasteiger partial charge in [0.25, 0.3) is 0 Å². The van der Waals surface area contributed by atoms with Crippen LogP contribution in [0.25, 0.3) is 0 Å². The predicted octanol–water partition coefficient (Wildman–Crippen LogP) is 2.07. The Balaban J connectivity index is 0.000000366. The molecule has 0 radical (unpaired) electrons. The van der Waals surface area contributed by atoms with E-state index in [-0.39, 0.29) is 0 Å². The van der Waals surface area contributed by atoms with Crippen LogP contribution in [0.4, 0.5) is 5.69 Å². The minimum absolute atomic E-state index is 0.485. The van der Waals surface area contributed by atoms with Gasteiger partial charge in [-0.15, -0.1) is 17.5 Å². The van der Waals surface area contributed by atoms with Gasteiger partial charge in [-0.05, 0) is 25.1 Å². The van der Waals surface area contributed by atoms with Gasteiger partial charge in [0.15, 0.2) is 0 Å². The number of hydrogen-bond acceptors (Lipinski definition) is 2. The van der Waals surface area contributed by atoms with Crippen molar-refractivity contribution in [1.82, 2.24) is 5.32 Å². The van der Waals surface area contributed by atoms with Gasteiger partial charge >= 0.3 is 0 Å². The smallest absolute Gasteiger partial charge is 0.207 e. The van der Waals surface area contributed by atoms with E-state index in [9.17, 15) is 4.79 Å². The monoisotopic (exact) mass is 252 g/mol. The van der Waals surface area contributed by atoms with Gasteiger partial charge in [-0.1, -0.05) is 12.0 Å². The van der Waals surface area contributed by atoms with E-state index in [1.54, 1.807) is 0 Å². The average Bonchev–Trinajstić information content (AvgIpc) is 2.38. The van der Waals surface area contributed by atoms with Gasteiger partial charge in [0.1, 0.15) is 0 Å². The largest absolute Gasteiger partial charge is 0.388 e. The highest BCUT2D eigenvalue weighted by Gasteiger charge is 1.87. The molecule has 1 amide bonds. The summed E-state index contributed by atoms with van der Waals surface area (Å²) in [4.78, 5) is 9.39. The number of hydrogen-bond donors (Lipinski definition) is 2. The van der Waals surface area contributed by atoms with E-state index < -0.39 is 0 Å². The average molecular weight is 253 g/mol. The molecule has 3 nitrogen and oxygen atoms in total. The Morgan fingerprint density at radius 3 is 2.71 bits per heavy atom. The maximum absolute atomic E-state index is 9.39. The lowest BCUT2D eigenvalue weighted by molar-refractivity contribution is -0.109. The molecule has 0 aromatic heterocycles. The van der Waals surface area contributed by atoms with Crippen LogP contribution in [0.15, 0.2) is 24.3 Å². The fraction of sp³-hybridized carbons (Fsp3) is 0.308. The Morgan fingerprint density at radius 1 is 1.47 bits per heavy atom. The number of halogens is 1. The summed E-state index contributed by atoms with van der Waals surface area (Å²) in [5.74, 6) is 6.33. The van der Waals surface area contributed by atoms with E-state index in [0.717, 1.165) is 11.3 Å². The summed E-state index contributed by atoms with van der Waals surface area (Å²) in [7, 11) is 1.90. The van der Waals surface area contributed by atoms with Gasteiger partial charge in [0.2, 0.25) is 6.41 Å². The molecule has 0 saturated carbocycles. The Labute approximate surface area is 108 Å². The molecule has 2 N–H and O–H groups in total. The molecule has 0 saturated heterocycles. The molecule has 0 heterocycles. The predicted molar refractivity (Wildman–Crippen MR) is 73.3 cm³/mol. The molecule has 0 fully saturated rings. The summed E-state index contributed by atoms with van der Waals surface area (Å²) in [6.07, 6.45) is 0.627. The first-order valence-electron chi connectivity index (χ1n) is 5.22. The van der Waals surface area contributed by atoms with E-state index in [1.165, 1.54) is 0 Å². The van der Waals surface area contributed by atoms with Gasteiger partial charge < -0.3 is 10.6 Å². The van der Waals surface area contributed by atoms with Crippen LogP contribution in [-0.2, 0) is 4.79 Å². The number of rotatable bonds is 4. The first-order valence-corrected chi connectivity index (χ1v) is 5.75. The summed E-state index contributed by atoms with van der Waals surface area (Å²) < 4.78 is 0. The number of nitrogens with one attached hydrogen (secondary N) is 2. The van der Waals surface area contributed by atoms with Crippen molar-refractivity contribution in [3.8, 4) is 11.8 Å². The Morgan fingerprint density at radius 2 is 2.24 bits per heavy atom. The molecule has 0 spiro atoms. The molecule has 1 rings (SSSR count). The Bertz CT molecular complexity index is 382. The molecule has 0 aliphatic carbocycles. The van der Waals surface area contributed by atoms with E-state index in [1.807, 2.05) is 38.2 Å². The molecule has 92 valence electrons. The van der Waals surface area contributed by atoms with E-state index >= 15 is 0 Å². The second-order valence-corrected chi connectivity index (χ2v) is 3.34. The first-order chi connectivity index (χ1) is 8.28. The second-order valence-electron chi connectivity index (χ2n) is 2.97. The van der Waals surface area contributed by atoms with Crippen LogP contribution < -0.4 is 10.6 Å². The molecule has 0 atom stereocenters. The lowest BCUT2D eigenvalue weighted by Crippen LogP contribution is -2.12. The van der Waals surface area contributed by atoms with Crippen molar-refractivity contribution in [3.63, 3.8) is 0 Å². The van der Waals surface area contributed by atoms with Crippen molar-refractivity contribution >= 4 is 23.7 Å². The minimum atomic E-state index is 0.485. The Hall–Kier alpha value is -1.66. The van der Waals surface area contributed by atoms with Crippen molar-refractivity contribution in [2.75, 3.05) is 24.8 Å². The number of carbonyl (C=O) groups is 1. The number of alkyl halides is 1. The van der Waals surface area contributed by atoms with E-state index in [2.05, 4.69) is 22.5 Å². The van der Waals surface area contributed by atoms with Gasteiger partial charge in [-0.3, -0.25) is 4.79 Å². The maximum atomic E-state index is 9.39. The van der Waals surface area contributed by atoms with Gasteiger partial charge in [-0.2, -0.15) is 0 Å². The zero-order valence-corrected chi connectivity index (χ0v) is 10.8. The molecule has 4 heteroatoms. The van der Waals surface area contributed by atoms with Crippen LogP contribution >= 0.6 is 11.6 Å². The highest BCUT2D eigenvalue weighted by atomic mass is 35.5. The summed E-state index contributed by atoms with van der Waals surface area (Å²) in [5, 5.41) is 5.44. The topological polar surface area (TPSA) is 41.1 Å². The molecule has 0 aliphatic rings. The molecule has 1 aromatic rings. The van der Waals surface area contributed by atoms with Crippen molar-refractivity contribution in [2.45, 2.75) is 6.92 Å². The van der Waals surface area contributed by atoms with Crippen molar-refractivity contribution in [3.05, 3.63) is 29.8 Å². The molecular weight excluding hydrogens is 236 g/mol. The number of carbonyl (C=O) groups excluding carboxylic acids is 1. The van der Waals surface area contributed by atoms with Crippen molar-refractivity contribution < 1.29 is 4.79 Å². The number of benzene rings is 1. The maximum Gasteiger partial charge on any atom is 0.207 e. The summed E-state index contributed by atoms with van der Waals surface area (Å²) in [6.45, 7) is 2.40. The third-order valence-electron chi connectivity index (χ3n) is 1.74. The van der Waals surface area contributed by atoms with Crippen LogP contribution in [-0.4, -0.2) is 25.9 Å². The molecule has 0 unspecified atom stereocenters. The molecule has 0 aliphatic heterocycles. The Kier molecular flexibility index (Phi) is 9.79. The fourth-order valence-corrected chi connectivity index (χ4v) is 1.12. The van der Waals surface area contributed by atoms with Crippen LogP contribution in [0.2, 0.25) is 0 Å². The normalized spacial score (nSPS) is 7.94. The quantitative estimate of drug-likeness (QED) is 0.373. The zero-order chi connectivity index (χ0) is 12.9. The van der Waals surface area contributed by atoms with Gasteiger partial charge in [-0.25, -0.2) is 0 Å². The third kappa shape index (κ3) is 8.18. The lowest BCUT2D eigenvalue weighted by atomic mass is 10.2. The zero-order valence-electron chi connectivity index (χ0n) is 10.1. The number of anilines is 1. The first kappa shape index (κ1) is 15.3. The molecule has 17 heavy (non-hydrogen) atoms. The van der Waals surface area contributed by atoms with Crippen LogP contribution in [0, 0.1) is 11.8 Å². The van der Waals surface area contributed by atoms with Crippen LogP contribution in [0.1, 0.15) is 12.5 Å². The van der Waals surface area contributed by atoms with Gasteiger partial charge in [0.05, 0.1) is 0 Å². The standard InChI is InChI=1S/C10H11N.C3H6ClNO/c1-3-5-9-6-4-7-10(8-9)11-2;4-1-2-5-3-6/h4,6-8,11H,1-2H3;3H,1-2H2,(H,5,6). The lowest BCUT2D eigenvalue weighted by Gasteiger charge is -1.98. The minimum Gasteiger partial charge on any atom is -0.388 e. The van der Waals surface area contributed by atoms with Crippen molar-refractivity contribution in [2.24, 2.45) is 0 Å². The van der Waals surface area contributed by atoms with E-state index in [4.69, 9.17) is 11.6 Å². The summed E-state index contributed by atoms with van der Waals surface area (Å²) >= 11 is 5.16. The number of amides is 1. The molecule has 1 aromatic carbocycles. The van der Waals surface area contributed by atoms with Crippen LogP contribution in [0.3, 0.4) is 0 Å². The summed E-state index contributed by atoms with van der Waals surface area (Å²) in [5.41, 5.74) is 2.16. The second kappa shape index (κ2) is 10.8. The molecular formula is C13H17ClN2O. The highest BCUT2D eigenvalue weighted by molar-refractivity contribution is 6.18. The third-order valence-corrected chi connectivity index (χ3v) is 1.93.